The molecule has 1 aromatic carbocycles. The molecule has 1 rings (SSSR count). The Balaban J connectivity index is 2.66. The van der Waals surface area contributed by atoms with Gasteiger partial charge in [-0.3, -0.25) is 4.90 Å². The minimum absolute atomic E-state index is 0.161. The van der Waals surface area contributed by atoms with Crippen molar-refractivity contribution in [2.75, 3.05) is 19.7 Å². The van der Waals surface area contributed by atoms with Gasteiger partial charge in [0.15, 0.2) is 0 Å². The maximum atomic E-state index is 13.6. The molecule has 0 aliphatic carbocycles. The standard InChI is InChI=1S/C12H17ClFNO/c1-2-15(7-4-8-16)9-10-5-3-6-11(13)12(10)14/h3,5-6,16H,2,4,7-9H2,1H3. The van der Waals surface area contributed by atoms with E-state index in [1.807, 2.05) is 6.92 Å². The molecule has 0 bridgehead atoms. The first-order valence-corrected chi connectivity index (χ1v) is 5.83. The number of hydrogen-bond acceptors (Lipinski definition) is 2. The molecule has 1 aromatic rings. The maximum absolute atomic E-state index is 13.6. The Bertz CT molecular complexity index is 333. The van der Waals surface area contributed by atoms with Crippen LogP contribution >= 0.6 is 11.6 Å². The summed E-state index contributed by atoms with van der Waals surface area (Å²) in [6, 6.07) is 5.04. The van der Waals surface area contributed by atoms with Crippen LogP contribution in [-0.2, 0) is 6.54 Å². The van der Waals surface area contributed by atoms with E-state index in [0.717, 1.165) is 13.1 Å². The fraction of sp³-hybridized carbons (Fsp3) is 0.500. The zero-order chi connectivity index (χ0) is 12.0. The molecule has 0 radical (unpaired) electrons. The van der Waals surface area contributed by atoms with Crippen molar-refractivity contribution in [1.29, 1.82) is 0 Å². The van der Waals surface area contributed by atoms with Crippen LogP contribution in [0.1, 0.15) is 18.9 Å². The molecule has 0 saturated carbocycles. The number of aliphatic hydroxyl groups excluding tert-OH is 1. The van der Waals surface area contributed by atoms with Gasteiger partial charge < -0.3 is 5.11 Å². The van der Waals surface area contributed by atoms with Gasteiger partial charge in [0, 0.05) is 25.3 Å². The molecule has 0 saturated heterocycles. The summed E-state index contributed by atoms with van der Waals surface area (Å²) in [5, 5.41) is 8.92. The van der Waals surface area contributed by atoms with Crippen LogP contribution < -0.4 is 0 Å². The molecule has 0 aliphatic heterocycles. The topological polar surface area (TPSA) is 23.5 Å². The lowest BCUT2D eigenvalue weighted by atomic mass is 10.2. The van der Waals surface area contributed by atoms with Crippen LogP contribution in [-0.4, -0.2) is 29.7 Å². The van der Waals surface area contributed by atoms with E-state index in [9.17, 15) is 4.39 Å². The maximum Gasteiger partial charge on any atom is 0.146 e. The predicted octanol–water partition coefficient (Wildman–Crippen LogP) is 2.68. The molecule has 0 atom stereocenters. The smallest absolute Gasteiger partial charge is 0.146 e. The molecule has 2 nitrogen and oxygen atoms in total. The highest BCUT2D eigenvalue weighted by atomic mass is 35.5. The highest BCUT2D eigenvalue weighted by molar-refractivity contribution is 6.30. The van der Waals surface area contributed by atoms with Crippen LogP contribution in [0.2, 0.25) is 5.02 Å². The Morgan fingerprint density at radius 1 is 1.44 bits per heavy atom. The molecule has 0 amide bonds. The summed E-state index contributed by atoms with van der Waals surface area (Å²) in [5.74, 6) is -0.341. The van der Waals surface area contributed by atoms with Crippen molar-refractivity contribution in [2.45, 2.75) is 19.9 Å². The van der Waals surface area contributed by atoms with Gasteiger partial charge in [0.2, 0.25) is 0 Å². The van der Waals surface area contributed by atoms with Crippen molar-refractivity contribution in [3.63, 3.8) is 0 Å². The summed E-state index contributed by atoms with van der Waals surface area (Å²) in [6.07, 6.45) is 0.704. The first-order chi connectivity index (χ1) is 7.69. The van der Waals surface area contributed by atoms with Crippen LogP contribution in [0.5, 0.6) is 0 Å². The van der Waals surface area contributed by atoms with Gasteiger partial charge in [-0.05, 0) is 19.0 Å². The summed E-state index contributed by atoms with van der Waals surface area (Å²) in [5.41, 5.74) is 0.604. The number of hydrogen-bond donors (Lipinski definition) is 1. The minimum Gasteiger partial charge on any atom is -0.396 e. The quantitative estimate of drug-likeness (QED) is 0.833. The van der Waals surface area contributed by atoms with Crippen LogP contribution in [0.4, 0.5) is 4.39 Å². The van der Waals surface area contributed by atoms with E-state index < -0.39 is 0 Å². The van der Waals surface area contributed by atoms with Crippen LogP contribution in [0.3, 0.4) is 0 Å². The number of aliphatic hydroxyl groups is 1. The second-order valence-electron chi connectivity index (χ2n) is 3.66. The monoisotopic (exact) mass is 245 g/mol. The van der Waals surface area contributed by atoms with E-state index in [1.54, 1.807) is 18.2 Å². The van der Waals surface area contributed by atoms with E-state index in [0.29, 0.717) is 18.5 Å². The lowest BCUT2D eigenvalue weighted by Gasteiger charge is -2.20. The third kappa shape index (κ3) is 3.74. The highest BCUT2D eigenvalue weighted by Gasteiger charge is 2.09. The highest BCUT2D eigenvalue weighted by Crippen LogP contribution is 2.19. The molecule has 90 valence electrons. The molecule has 16 heavy (non-hydrogen) atoms. The van der Waals surface area contributed by atoms with Crippen LogP contribution in [0, 0.1) is 5.82 Å². The van der Waals surface area contributed by atoms with E-state index >= 15 is 0 Å². The molecular weight excluding hydrogens is 229 g/mol. The number of rotatable bonds is 6. The fourth-order valence-corrected chi connectivity index (χ4v) is 1.75. The Hall–Kier alpha value is -0.640. The number of nitrogens with zero attached hydrogens (tertiary/aromatic N) is 1. The SMILES string of the molecule is CCN(CCCO)Cc1cccc(Cl)c1F. The Kier molecular flexibility index (Phi) is 5.74. The van der Waals surface area contributed by atoms with E-state index in [4.69, 9.17) is 16.7 Å². The zero-order valence-corrected chi connectivity index (χ0v) is 10.2. The first-order valence-electron chi connectivity index (χ1n) is 5.45. The summed E-state index contributed by atoms with van der Waals surface area (Å²) in [6.45, 7) is 4.29. The Morgan fingerprint density at radius 2 is 2.19 bits per heavy atom. The third-order valence-electron chi connectivity index (χ3n) is 2.51. The third-order valence-corrected chi connectivity index (χ3v) is 2.80. The summed E-state index contributed by atoms with van der Waals surface area (Å²) < 4.78 is 13.6. The zero-order valence-electron chi connectivity index (χ0n) is 9.42. The summed E-state index contributed by atoms with van der Waals surface area (Å²) in [7, 11) is 0. The van der Waals surface area contributed by atoms with Gasteiger partial charge in [0.1, 0.15) is 5.82 Å². The molecule has 4 heteroatoms. The number of benzene rings is 1. The normalized spacial score (nSPS) is 11.1. The fourth-order valence-electron chi connectivity index (χ4n) is 1.55. The van der Waals surface area contributed by atoms with Gasteiger partial charge in [-0.25, -0.2) is 4.39 Å². The first kappa shape index (κ1) is 13.4. The lowest BCUT2D eigenvalue weighted by molar-refractivity contribution is 0.224. The average Bonchev–Trinajstić information content (AvgIpc) is 2.30. The predicted molar refractivity (Wildman–Crippen MR) is 64.1 cm³/mol. The Labute approximate surface area is 101 Å². The molecule has 0 unspecified atom stereocenters. The average molecular weight is 246 g/mol. The van der Waals surface area contributed by atoms with Gasteiger partial charge in [0.25, 0.3) is 0 Å². The molecule has 1 N–H and O–H groups in total. The van der Waals surface area contributed by atoms with E-state index in [-0.39, 0.29) is 17.4 Å². The van der Waals surface area contributed by atoms with Crippen LogP contribution in [0.15, 0.2) is 18.2 Å². The van der Waals surface area contributed by atoms with E-state index in [2.05, 4.69) is 4.90 Å². The summed E-state index contributed by atoms with van der Waals surface area (Å²) in [4.78, 5) is 2.07. The number of halogens is 2. The molecular formula is C12H17ClFNO. The van der Waals surface area contributed by atoms with Gasteiger partial charge in [-0.15, -0.1) is 0 Å². The van der Waals surface area contributed by atoms with Crippen LogP contribution in [0.25, 0.3) is 0 Å². The van der Waals surface area contributed by atoms with Crippen molar-refractivity contribution in [3.05, 3.63) is 34.6 Å². The van der Waals surface area contributed by atoms with Crippen molar-refractivity contribution in [3.8, 4) is 0 Å². The second kappa shape index (κ2) is 6.84. The van der Waals surface area contributed by atoms with Gasteiger partial charge in [-0.1, -0.05) is 30.7 Å². The Morgan fingerprint density at radius 3 is 2.81 bits per heavy atom. The van der Waals surface area contributed by atoms with Crippen molar-refractivity contribution in [1.82, 2.24) is 4.90 Å². The molecule has 0 aromatic heterocycles. The largest absolute Gasteiger partial charge is 0.396 e. The van der Waals surface area contributed by atoms with Crippen molar-refractivity contribution >= 4 is 11.6 Å². The van der Waals surface area contributed by atoms with Gasteiger partial charge in [0.05, 0.1) is 5.02 Å². The molecule has 0 heterocycles. The molecule has 0 aliphatic rings. The minimum atomic E-state index is -0.341. The van der Waals surface area contributed by atoms with Crippen molar-refractivity contribution < 1.29 is 9.50 Å². The lowest BCUT2D eigenvalue weighted by Crippen LogP contribution is -2.25. The van der Waals surface area contributed by atoms with Gasteiger partial charge >= 0.3 is 0 Å². The molecule has 0 fully saturated rings. The second-order valence-corrected chi connectivity index (χ2v) is 4.07. The van der Waals surface area contributed by atoms with Gasteiger partial charge in [-0.2, -0.15) is 0 Å². The summed E-state index contributed by atoms with van der Waals surface area (Å²) >= 11 is 5.71. The van der Waals surface area contributed by atoms with E-state index in [1.165, 1.54) is 0 Å². The van der Waals surface area contributed by atoms with Crippen molar-refractivity contribution in [2.24, 2.45) is 0 Å². The molecule has 0 spiro atoms.